The molecule has 1 fully saturated rings. The van der Waals surface area contributed by atoms with E-state index in [0.29, 0.717) is 6.54 Å². The first kappa shape index (κ1) is 11.4. The maximum Gasteiger partial charge on any atom is 0.0560 e. The van der Waals surface area contributed by atoms with Gasteiger partial charge in [0.25, 0.3) is 0 Å². The van der Waals surface area contributed by atoms with Gasteiger partial charge in [0.15, 0.2) is 0 Å². The third kappa shape index (κ3) is 2.35. The highest BCUT2D eigenvalue weighted by molar-refractivity contribution is 5.47. The van der Waals surface area contributed by atoms with Crippen LogP contribution >= 0.6 is 0 Å². The average molecular weight is 219 g/mol. The normalized spacial score (nSPS) is 16.6. The molecule has 88 valence electrons. The van der Waals surface area contributed by atoms with E-state index in [9.17, 15) is 0 Å². The minimum atomic E-state index is 0.524. The van der Waals surface area contributed by atoms with Crippen molar-refractivity contribution < 1.29 is 0 Å². The van der Waals surface area contributed by atoms with E-state index in [-0.39, 0.29) is 0 Å². The molecule has 0 aromatic carbocycles. The smallest absolute Gasteiger partial charge is 0.0560 e. The molecule has 2 rings (SSSR count). The van der Waals surface area contributed by atoms with E-state index in [1.165, 1.54) is 31.4 Å². The zero-order valence-corrected chi connectivity index (χ0v) is 10.0. The van der Waals surface area contributed by atoms with Gasteiger partial charge in [-0.2, -0.15) is 0 Å². The number of hydrogen-bond donors (Lipinski definition) is 1. The maximum absolute atomic E-state index is 5.63. The van der Waals surface area contributed by atoms with Gasteiger partial charge in [-0.25, -0.2) is 0 Å². The molecule has 0 radical (unpaired) electrons. The minimum Gasteiger partial charge on any atom is -0.369 e. The van der Waals surface area contributed by atoms with Gasteiger partial charge >= 0.3 is 0 Å². The number of rotatable bonds is 4. The van der Waals surface area contributed by atoms with E-state index in [2.05, 4.69) is 28.9 Å². The van der Waals surface area contributed by atoms with Crippen LogP contribution in [0.4, 0.5) is 5.69 Å². The lowest BCUT2D eigenvalue weighted by Gasteiger charge is -2.30. The van der Waals surface area contributed by atoms with Crippen LogP contribution in [-0.4, -0.2) is 17.6 Å². The van der Waals surface area contributed by atoms with Crippen molar-refractivity contribution in [2.45, 2.75) is 45.2 Å². The summed E-state index contributed by atoms with van der Waals surface area (Å²) in [5.74, 6) is 0. The van der Waals surface area contributed by atoms with Crippen molar-refractivity contribution in [1.82, 2.24) is 4.98 Å². The predicted molar refractivity (Wildman–Crippen MR) is 67.4 cm³/mol. The van der Waals surface area contributed by atoms with Crippen molar-refractivity contribution in [3.05, 3.63) is 24.0 Å². The second-order valence-corrected chi connectivity index (χ2v) is 4.43. The van der Waals surface area contributed by atoms with Gasteiger partial charge in [-0.1, -0.05) is 12.8 Å². The fourth-order valence-electron chi connectivity index (χ4n) is 2.62. The molecule has 1 aromatic heterocycles. The van der Waals surface area contributed by atoms with Crippen LogP contribution in [-0.2, 0) is 6.54 Å². The number of hydrogen-bond acceptors (Lipinski definition) is 3. The molecule has 3 heteroatoms. The zero-order chi connectivity index (χ0) is 11.4. The molecule has 1 aliphatic rings. The summed E-state index contributed by atoms with van der Waals surface area (Å²) in [4.78, 5) is 6.74. The molecule has 1 aromatic rings. The topological polar surface area (TPSA) is 42.2 Å². The molecule has 0 aliphatic heterocycles. The van der Waals surface area contributed by atoms with Crippen LogP contribution < -0.4 is 10.6 Å². The molecule has 16 heavy (non-hydrogen) atoms. The minimum absolute atomic E-state index is 0.524. The van der Waals surface area contributed by atoms with Gasteiger partial charge in [-0.05, 0) is 31.9 Å². The molecule has 0 saturated heterocycles. The number of anilines is 1. The van der Waals surface area contributed by atoms with Gasteiger partial charge in [0.2, 0.25) is 0 Å². The van der Waals surface area contributed by atoms with Crippen LogP contribution in [0.15, 0.2) is 18.3 Å². The summed E-state index contributed by atoms with van der Waals surface area (Å²) in [5.41, 5.74) is 7.90. The molecule has 1 saturated carbocycles. The van der Waals surface area contributed by atoms with E-state index in [1.54, 1.807) is 0 Å². The van der Waals surface area contributed by atoms with E-state index in [4.69, 9.17) is 5.73 Å². The fourth-order valence-corrected chi connectivity index (χ4v) is 2.62. The third-order valence-corrected chi connectivity index (χ3v) is 3.45. The van der Waals surface area contributed by atoms with E-state index in [1.807, 2.05) is 6.20 Å². The largest absolute Gasteiger partial charge is 0.369 e. The van der Waals surface area contributed by atoms with Crippen LogP contribution in [0.3, 0.4) is 0 Å². The first-order chi connectivity index (χ1) is 7.85. The molecule has 1 heterocycles. The molecular formula is C13H21N3. The highest BCUT2D eigenvalue weighted by Gasteiger charge is 2.21. The number of nitrogens with zero attached hydrogens (tertiary/aromatic N) is 2. The molecule has 2 N–H and O–H groups in total. The number of pyridine rings is 1. The maximum atomic E-state index is 5.63. The van der Waals surface area contributed by atoms with Crippen molar-refractivity contribution in [1.29, 1.82) is 0 Å². The molecule has 0 bridgehead atoms. The Morgan fingerprint density at radius 2 is 2.19 bits per heavy atom. The van der Waals surface area contributed by atoms with Crippen molar-refractivity contribution >= 4 is 5.69 Å². The SMILES string of the molecule is CCN(c1ccnc(CN)c1)C1CCCC1. The third-order valence-electron chi connectivity index (χ3n) is 3.45. The second-order valence-electron chi connectivity index (χ2n) is 4.43. The van der Waals surface area contributed by atoms with Gasteiger partial charge in [0.05, 0.1) is 5.69 Å². The Kier molecular flexibility index (Phi) is 3.78. The first-order valence-corrected chi connectivity index (χ1v) is 6.26. The van der Waals surface area contributed by atoms with Crippen molar-refractivity contribution in [3.8, 4) is 0 Å². The summed E-state index contributed by atoms with van der Waals surface area (Å²) < 4.78 is 0. The summed E-state index contributed by atoms with van der Waals surface area (Å²) in [6.45, 7) is 3.82. The van der Waals surface area contributed by atoms with Crippen LogP contribution in [0.1, 0.15) is 38.3 Å². The van der Waals surface area contributed by atoms with E-state index < -0.39 is 0 Å². The fraction of sp³-hybridized carbons (Fsp3) is 0.615. The molecule has 3 nitrogen and oxygen atoms in total. The van der Waals surface area contributed by atoms with Crippen LogP contribution in [0.5, 0.6) is 0 Å². The Labute approximate surface area is 97.7 Å². The summed E-state index contributed by atoms with van der Waals surface area (Å²) >= 11 is 0. The molecule has 0 atom stereocenters. The van der Waals surface area contributed by atoms with E-state index in [0.717, 1.165) is 18.3 Å². The summed E-state index contributed by atoms with van der Waals surface area (Å²) in [5, 5.41) is 0. The van der Waals surface area contributed by atoms with Crippen LogP contribution in [0, 0.1) is 0 Å². The van der Waals surface area contributed by atoms with Crippen LogP contribution in [0.25, 0.3) is 0 Å². The molecular weight excluding hydrogens is 198 g/mol. The average Bonchev–Trinajstić information content (AvgIpc) is 2.84. The van der Waals surface area contributed by atoms with E-state index >= 15 is 0 Å². The number of aromatic nitrogens is 1. The van der Waals surface area contributed by atoms with Gasteiger partial charge in [-0.3, -0.25) is 4.98 Å². The van der Waals surface area contributed by atoms with Gasteiger partial charge in [0, 0.05) is 31.0 Å². The first-order valence-electron chi connectivity index (χ1n) is 6.26. The highest BCUT2D eigenvalue weighted by Crippen LogP contribution is 2.27. The van der Waals surface area contributed by atoms with Gasteiger partial charge < -0.3 is 10.6 Å². The Bertz CT molecular complexity index is 332. The van der Waals surface area contributed by atoms with Gasteiger partial charge in [-0.15, -0.1) is 0 Å². The van der Waals surface area contributed by atoms with Crippen molar-refractivity contribution in [2.24, 2.45) is 5.73 Å². The predicted octanol–water partition coefficient (Wildman–Crippen LogP) is 2.31. The second kappa shape index (κ2) is 5.30. The lowest BCUT2D eigenvalue weighted by molar-refractivity contribution is 0.619. The Morgan fingerprint density at radius 3 is 2.81 bits per heavy atom. The molecule has 0 unspecified atom stereocenters. The van der Waals surface area contributed by atoms with Crippen LogP contribution in [0.2, 0.25) is 0 Å². The Balaban J connectivity index is 2.18. The molecule has 1 aliphatic carbocycles. The summed E-state index contributed by atoms with van der Waals surface area (Å²) in [7, 11) is 0. The van der Waals surface area contributed by atoms with Gasteiger partial charge in [0.1, 0.15) is 0 Å². The zero-order valence-electron chi connectivity index (χ0n) is 10.0. The summed E-state index contributed by atoms with van der Waals surface area (Å²) in [6.07, 6.45) is 7.27. The highest BCUT2D eigenvalue weighted by atomic mass is 15.2. The monoisotopic (exact) mass is 219 g/mol. The Morgan fingerprint density at radius 1 is 1.44 bits per heavy atom. The Hall–Kier alpha value is -1.09. The molecule has 0 amide bonds. The standard InChI is InChI=1S/C13H21N3/c1-2-16(12-5-3-4-6-12)13-7-8-15-11(9-13)10-14/h7-9,12H,2-6,10,14H2,1H3. The van der Waals surface area contributed by atoms with Crippen molar-refractivity contribution in [3.63, 3.8) is 0 Å². The number of nitrogens with two attached hydrogens (primary N) is 1. The molecule has 0 spiro atoms. The van der Waals surface area contributed by atoms with Crippen molar-refractivity contribution in [2.75, 3.05) is 11.4 Å². The lowest BCUT2D eigenvalue weighted by atomic mass is 10.2. The quantitative estimate of drug-likeness (QED) is 0.845. The lowest BCUT2D eigenvalue weighted by Crippen LogP contribution is -2.33. The summed E-state index contributed by atoms with van der Waals surface area (Å²) in [6, 6.07) is 4.95.